The van der Waals surface area contributed by atoms with E-state index in [1.807, 2.05) is 0 Å². The molecule has 0 spiro atoms. The van der Waals surface area contributed by atoms with Gasteiger partial charge >= 0.3 is 0 Å². The van der Waals surface area contributed by atoms with Gasteiger partial charge in [0.15, 0.2) is 12.6 Å². The van der Waals surface area contributed by atoms with Gasteiger partial charge in [0.05, 0.1) is 11.1 Å². The van der Waals surface area contributed by atoms with Crippen molar-refractivity contribution in [1.82, 2.24) is 19.9 Å². The summed E-state index contributed by atoms with van der Waals surface area (Å²) >= 11 is 0. The monoisotopic (exact) mass is 406 g/mol. The first-order chi connectivity index (χ1) is 13.2. The van der Waals surface area contributed by atoms with E-state index in [0.717, 1.165) is 12.1 Å². The number of nitrogens with zero attached hydrogens (tertiary/aromatic N) is 4. The number of aldehydes is 2. The molecule has 0 radical (unpaired) electrons. The third-order valence-electron chi connectivity index (χ3n) is 4.02. The minimum atomic E-state index is -1.75. The van der Waals surface area contributed by atoms with E-state index in [2.05, 4.69) is 69.1 Å². The predicted molar refractivity (Wildman–Crippen MR) is 113 cm³/mol. The van der Waals surface area contributed by atoms with E-state index >= 15 is 0 Å². The van der Waals surface area contributed by atoms with Gasteiger partial charge in [-0.3, -0.25) is 9.59 Å². The van der Waals surface area contributed by atoms with Crippen molar-refractivity contribution in [3.05, 3.63) is 47.6 Å². The molecular weight excluding hydrogens is 384 g/mol. The van der Waals surface area contributed by atoms with Crippen LogP contribution in [0, 0.1) is 22.9 Å². The Morgan fingerprint density at radius 1 is 0.714 bits per heavy atom. The summed E-state index contributed by atoms with van der Waals surface area (Å²) in [7, 11) is -3.50. The average Bonchev–Trinajstić information content (AvgIpc) is 2.70. The summed E-state index contributed by atoms with van der Waals surface area (Å²) < 4.78 is 0. The first-order valence-corrected chi connectivity index (χ1v) is 15.3. The van der Waals surface area contributed by atoms with E-state index in [0.29, 0.717) is 35.3 Å². The summed E-state index contributed by atoms with van der Waals surface area (Å²) in [5.41, 5.74) is 7.61. The first-order valence-electron chi connectivity index (χ1n) is 8.84. The molecule has 0 N–H and O–H groups in total. The standard InChI is InChI=1S/C20H22N4O2Si2/c1-27(2,7-5-19-21-11-17(15-25)12-22-19)9-10-28(3,4)8-6-20-23-13-18(16-26)14-24-20/h11-16H,9-10H2,1-4H3. The number of carbonyl (C=O) groups is 2. The molecule has 0 saturated carbocycles. The van der Waals surface area contributed by atoms with Gasteiger partial charge in [-0.2, -0.15) is 0 Å². The summed E-state index contributed by atoms with van der Waals surface area (Å²) in [6, 6.07) is 2.07. The van der Waals surface area contributed by atoms with Crippen LogP contribution in [-0.2, 0) is 0 Å². The molecule has 28 heavy (non-hydrogen) atoms. The summed E-state index contributed by atoms with van der Waals surface area (Å²) in [4.78, 5) is 37.7. The van der Waals surface area contributed by atoms with Crippen LogP contribution in [0.25, 0.3) is 0 Å². The Kier molecular flexibility index (Phi) is 7.10. The SMILES string of the molecule is C[Si](C)(C#Cc1ncc(C=O)cn1)CC[Si](C)(C)C#Cc1ncc(C=O)cn1. The van der Waals surface area contributed by atoms with E-state index in [1.54, 1.807) is 0 Å². The largest absolute Gasteiger partial charge is 0.298 e. The maximum Gasteiger partial charge on any atom is 0.204 e. The van der Waals surface area contributed by atoms with Crippen molar-refractivity contribution < 1.29 is 9.59 Å². The zero-order valence-electron chi connectivity index (χ0n) is 16.5. The minimum Gasteiger partial charge on any atom is -0.298 e. The summed E-state index contributed by atoms with van der Waals surface area (Å²) in [5, 5.41) is 0. The Bertz CT molecular complexity index is 882. The highest BCUT2D eigenvalue weighted by atomic mass is 28.3. The molecular formula is C20H22N4O2Si2. The number of hydrogen-bond acceptors (Lipinski definition) is 6. The number of rotatable bonds is 5. The van der Waals surface area contributed by atoms with Gasteiger partial charge in [0, 0.05) is 24.8 Å². The highest BCUT2D eigenvalue weighted by Crippen LogP contribution is 2.19. The Morgan fingerprint density at radius 2 is 1.04 bits per heavy atom. The van der Waals surface area contributed by atoms with Gasteiger partial charge in [-0.25, -0.2) is 19.9 Å². The molecule has 0 atom stereocenters. The van der Waals surface area contributed by atoms with Crippen molar-refractivity contribution in [2.24, 2.45) is 0 Å². The Morgan fingerprint density at radius 3 is 1.32 bits per heavy atom. The maximum atomic E-state index is 10.6. The zero-order valence-corrected chi connectivity index (χ0v) is 18.5. The molecule has 2 aromatic heterocycles. The van der Waals surface area contributed by atoms with E-state index in [1.165, 1.54) is 24.8 Å². The van der Waals surface area contributed by atoms with Gasteiger partial charge in [0.25, 0.3) is 0 Å². The molecule has 0 aromatic carbocycles. The fraction of sp³-hybridized carbons (Fsp3) is 0.300. The van der Waals surface area contributed by atoms with Gasteiger partial charge in [0.2, 0.25) is 11.6 Å². The van der Waals surface area contributed by atoms with Crippen molar-refractivity contribution >= 4 is 28.7 Å². The van der Waals surface area contributed by atoms with E-state index in [4.69, 9.17) is 0 Å². The topological polar surface area (TPSA) is 85.7 Å². The molecule has 2 aromatic rings. The molecule has 0 bridgehead atoms. The minimum absolute atomic E-state index is 0.443. The molecule has 0 fully saturated rings. The van der Waals surface area contributed by atoms with Gasteiger partial charge in [-0.1, -0.05) is 26.2 Å². The van der Waals surface area contributed by atoms with Gasteiger partial charge in [-0.05, 0) is 23.9 Å². The molecule has 0 saturated heterocycles. The van der Waals surface area contributed by atoms with E-state index < -0.39 is 16.1 Å². The number of hydrogen-bond donors (Lipinski definition) is 0. The third-order valence-corrected chi connectivity index (χ3v) is 9.12. The molecule has 8 heteroatoms. The lowest BCUT2D eigenvalue weighted by Crippen LogP contribution is -2.30. The fourth-order valence-corrected chi connectivity index (χ4v) is 8.28. The molecule has 0 aliphatic rings. The van der Waals surface area contributed by atoms with Crippen LogP contribution in [0.3, 0.4) is 0 Å². The quantitative estimate of drug-likeness (QED) is 0.431. The van der Waals surface area contributed by atoms with Crippen LogP contribution < -0.4 is 0 Å². The van der Waals surface area contributed by atoms with Crippen molar-refractivity contribution in [3.8, 4) is 22.9 Å². The molecule has 0 amide bonds. The first kappa shape index (κ1) is 21.4. The van der Waals surface area contributed by atoms with Crippen LogP contribution in [0.1, 0.15) is 32.4 Å². The van der Waals surface area contributed by atoms with Crippen molar-refractivity contribution in [2.75, 3.05) is 0 Å². The lowest BCUT2D eigenvalue weighted by atomic mass is 10.4. The molecule has 0 unspecified atom stereocenters. The van der Waals surface area contributed by atoms with E-state index in [-0.39, 0.29) is 0 Å². The van der Waals surface area contributed by atoms with Gasteiger partial charge in [0.1, 0.15) is 16.1 Å². The molecule has 0 aliphatic carbocycles. The van der Waals surface area contributed by atoms with Crippen molar-refractivity contribution in [1.29, 1.82) is 0 Å². The van der Waals surface area contributed by atoms with Crippen LogP contribution in [0.15, 0.2) is 24.8 Å². The number of aromatic nitrogens is 4. The molecule has 142 valence electrons. The second kappa shape index (κ2) is 9.31. The van der Waals surface area contributed by atoms with Gasteiger partial charge in [-0.15, -0.1) is 11.1 Å². The van der Waals surface area contributed by atoms with Crippen LogP contribution in [0.2, 0.25) is 38.3 Å². The lowest BCUT2D eigenvalue weighted by Gasteiger charge is -2.20. The van der Waals surface area contributed by atoms with Crippen LogP contribution in [-0.4, -0.2) is 48.7 Å². The molecule has 0 aliphatic heterocycles. The zero-order chi connectivity index (χ0) is 20.6. The van der Waals surface area contributed by atoms with Crippen molar-refractivity contribution in [3.63, 3.8) is 0 Å². The molecule has 6 nitrogen and oxygen atoms in total. The van der Waals surface area contributed by atoms with Gasteiger partial charge < -0.3 is 0 Å². The van der Waals surface area contributed by atoms with Crippen LogP contribution >= 0.6 is 0 Å². The second-order valence-corrected chi connectivity index (χ2v) is 16.7. The van der Waals surface area contributed by atoms with Crippen LogP contribution in [0.5, 0.6) is 0 Å². The number of carbonyl (C=O) groups excluding carboxylic acids is 2. The Balaban J connectivity index is 2.00. The molecule has 2 heterocycles. The fourth-order valence-electron chi connectivity index (χ4n) is 2.13. The summed E-state index contributed by atoms with van der Waals surface area (Å²) in [5.74, 6) is 6.98. The predicted octanol–water partition coefficient (Wildman–Crippen LogP) is 2.79. The normalized spacial score (nSPS) is 10.9. The smallest absolute Gasteiger partial charge is 0.204 e. The average molecular weight is 407 g/mol. The maximum absolute atomic E-state index is 10.6. The van der Waals surface area contributed by atoms with E-state index in [9.17, 15) is 9.59 Å². The highest BCUT2D eigenvalue weighted by Gasteiger charge is 2.25. The summed E-state index contributed by atoms with van der Waals surface area (Å²) in [6.07, 6.45) is 7.35. The van der Waals surface area contributed by atoms with Crippen molar-refractivity contribution in [2.45, 2.75) is 38.3 Å². The second-order valence-electron chi connectivity index (χ2n) is 7.68. The lowest BCUT2D eigenvalue weighted by molar-refractivity contribution is 0.111. The Hall–Kier alpha value is -2.95. The summed E-state index contributed by atoms with van der Waals surface area (Å²) in [6.45, 7) is 8.88. The molecule has 2 rings (SSSR count). The highest BCUT2D eigenvalue weighted by molar-refractivity contribution is 6.90. The third kappa shape index (κ3) is 6.99. The van der Waals surface area contributed by atoms with Crippen LogP contribution in [0.4, 0.5) is 0 Å². The Labute approximate surface area is 167 Å².